The number of methoxy groups -OCH3 is 2. The highest BCUT2D eigenvalue weighted by atomic mass is 16.5. The lowest BCUT2D eigenvalue weighted by molar-refractivity contribution is -0.134. The van der Waals surface area contributed by atoms with Crippen LogP contribution in [0.15, 0.2) is 48.5 Å². The van der Waals surface area contributed by atoms with Crippen LogP contribution in [0.1, 0.15) is 143 Å². The topological polar surface area (TPSA) is 65.6 Å². The third-order valence-electron chi connectivity index (χ3n) is 10.7. The minimum atomic E-state index is 0.240. The van der Waals surface area contributed by atoms with Crippen LogP contribution in [-0.4, -0.2) is 97.0 Å². The number of para-hydroxylation sites is 2. The van der Waals surface area contributed by atoms with Crippen molar-refractivity contribution >= 4 is 11.8 Å². The molecule has 2 rings (SSSR count). The van der Waals surface area contributed by atoms with Crippen molar-refractivity contribution in [2.45, 2.75) is 157 Å². The van der Waals surface area contributed by atoms with Gasteiger partial charge in [0.05, 0.1) is 14.2 Å². The quantitative estimate of drug-likeness (QED) is 0.0716. The summed E-state index contributed by atoms with van der Waals surface area (Å²) in [5.41, 5.74) is 2.45. The number of amides is 2. The number of carbonyl (C=O) groups excluding carboxylic acids is 2. The first-order chi connectivity index (χ1) is 26.1. The van der Waals surface area contributed by atoms with Gasteiger partial charge in [-0.15, -0.1) is 0 Å². The number of nitrogens with zero attached hydrogens (tertiary/aromatic N) is 4. The molecule has 2 aromatic rings. The van der Waals surface area contributed by atoms with E-state index in [1.807, 2.05) is 24.3 Å². The van der Waals surface area contributed by atoms with Crippen LogP contribution in [0, 0.1) is 0 Å². The van der Waals surface area contributed by atoms with Gasteiger partial charge in [-0.3, -0.25) is 19.4 Å². The van der Waals surface area contributed by atoms with Gasteiger partial charge in [0.15, 0.2) is 0 Å². The molecule has 0 saturated heterocycles. The van der Waals surface area contributed by atoms with E-state index >= 15 is 0 Å². The summed E-state index contributed by atoms with van der Waals surface area (Å²) in [7, 11) is 3.47. The first-order valence-electron chi connectivity index (χ1n) is 21.4. The fourth-order valence-electron chi connectivity index (χ4n) is 7.32. The molecular weight excluding hydrogens is 673 g/mol. The molecule has 0 fully saturated rings. The van der Waals surface area contributed by atoms with Gasteiger partial charge in [-0.05, 0) is 105 Å². The van der Waals surface area contributed by atoms with Crippen LogP contribution < -0.4 is 9.47 Å². The zero-order valence-corrected chi connectivity index (χ0v) is 35.8. The average Bonchev–Trinajstić information content (AvgIpc) is 3.17. The van der Waals surface area contributed by atoms with Crippen molar-refractivity contribution in [2.75, 3.05) is 53.5 Å². The van der Waals surface area contributed by atoms with Gasteiger partial charge in [-0.2, -0.15) is 0 Å². The highest BCUT2D eigenvalue weighted by molar-refractivity contribution is 5.76. The second-order valence-corrected chi connectivity index (χ2v) is 15.5. The second-order valence-electron chi connectivity index (χ2n) is 15.5. The number of hydrogen-bond acceptors (Lipinski definition) is 6. The van der Waals surface area contributed by atoms with Crippen molar-refractivity contribution in [3.63, 3.8) is 0 Å². The summed E-state index contributed by atoms with van der Waals surface area (Å²) in [6.07, 6.45) is 14.3. The molecular formula is C46H78N4O4. The molecule has 0 atom stereocenters. The molecule has 0 N–H and O–H groups in total. The number of hydrogen-bond donors (Lipinski definition) is 0. The third kappa shape index (κ3) is 18.5. The van der Waals surface area contributed by atoms with Crippen LogP contribution in [-0.2, 0) is 22.7 Å². The third-order valence-corrected chi connectivity index (χ3v) is 10.7. The molecule has 0 aromatic heterocycles. The minimum absolute atomic E-state index is 0.240. The van der Waals surface area contributed by atoms with Gasteiger partial charge < -0.3 is 19.3 Å². The Morgan fingerprint density at radius 3 is 1.19 bits per heavy atom. The van der Waals surface area contributed by atoms with Crippen LogP contribution >= 0.6 is 0 Å². The summed E-state index contributed by atoms with van der Waals surface area (Å²) >= 11 is 0. The predicted octanol–water partition coefficient (Wildman–Crippen LogP) is 9.98. The Kier molecular flexibility index (Phi) is 24.7. The van der Waals surface area contributed by atoms with Gasteiger partial charge in [0.2, 0.25) is 11.8 Å². The van der Waals surface area contributed by atoms with E-state index < -0.39 is 0 Å². The summed E-state index contributed by atoms with van der Waals surface area (Å²) in [6, 6.07) is 17.0. The number of carbonyl (C=O) groups is 2. The molecule has 0 radical (unpaired) electrons. The molecule has 8 heteroatoms. The molecule has 0 bridgehead atoms. The van der Waals surface area contributed by atoms with E-state index in [1.165, 1.54) is 24.0 Å². The molecule has 0 aliphatic rings. The lowest BCUT2D eigenvalue weighted by Crippen LogP contribution is -2.37. The lowest BCUT2D eigenvalue weighted by atomic mass is 10.1. The number of benzene rings is 2. The smallest absolute Gasteiger partial charge is 0.222 e. The molecule has 0 aliphatic heterocycles. The van der Waals surface area contributed by atoms with Crippen molar-refractivity contribution < 1.29 is 19.1 Å². The minimum Gasteiger partial charge on any atom is -0.496 e. The van der Waals surface area contributed by atoms with Crippen molar-refractivity contribution in [2.24, 2.45) is 0 Å². The van der Waals surface area contributed by atoms with Crippen molar-refractivity contribution in [1.29, 1.82) is 0 Å². The maximum Gasteiger partial charge on any atom is 0.222 e. The highest BCUT2D eigenvalue weighted by Gasteiger charge is 2.18. The van der Waals surface area contributed by atoms with Crippen LogP contribution in [0.4, 0.5) is 0 Å². The fourth-order valence-corrected chi connectivity index (χ4v) is 7.32. The summed E-state index contributed by atoms with van der Waals surface area (Å²) < 4.78 is 11.1. The molecule has 306 valence electrons. The van der Waals surface area contributed by atoms with Crippen LogP contribution in [0.5, 0.6) is 11.5 Å². The van der Waals surface area contributed by atoms with E-state index in [-0.39, 0.29) is 12.1 Å². The maximum absolute atomic E-state index is 13.1. The Hall–Kier alpha value is -3.10. The van der Waals surface area contributed by atoms with Crippen LogP contribution in [0.2, 0.25) is 0 Å². The molecule has 2 aromatic carbocycles. The van der Waals surface area contributed by atoms with Gasteiger partial charge in [0, 0.05) is 62.2 Å². The molecule has 0 heterocycles. The predicted molar refractivity (Wildman–Crippen MR) is 226 cm³/mol. The molecule has 0 spiro atoms. The van der Waals surface area contributed by atoms with Crippen LogP contribution in [0.3, 0.4) is 0 Å². The maximum atomic E-state index is 13.1. The Labute approximate surface area is 330 Å². The van der Waals surface area contributed by atoms with E-state index in [2.05, 4.69) is 85.4 Å². The zero-order chi connectivity index (χ0) is 39.6. The Morgan fingerprint density at radius 1 is 0.500 bits per heavy atom. The summed E-state index contributed by atoms with van der Waals surface area (Å²) in [5.74, 6) is 2.51. The SMILES string of the molecule is CCN(CCCCCC(=O)N(CCCCCCCCN(C(=O)CCCCCN(CC)Cc1ccccc1OC)C(C)C)C(C)C)Cc1ccccc1OC. The van der Waals surface area contributed by atoms with Gasteiger partial charge in [0.1, 0.15) is 11.5 Å². The molecule has 8 nitrogen and oxygen atoms in total. The summed E-state index contributed by atoms with van der Waals surface area (Å²) in [5, 5.41) is 0. The van der Waals surface area contributed by atoms with Crippen molar-refractivity contribution in [3.8, 4) is 11.5 Å². The van der Waals surface area contributed by atoms with E-state index in [0.717, 1.165) is 128 Å². The van der Waals surface area contributed by atoms with Gasteiger partial charge in [0.25, 0.3) is 0 Å². The van der Waals surface area contributed by atoms with Crippen molar-refractivity contribution in [1.82, 2.24) is 19.6 Å². The first-order valence-corrected chi connectivity index (χ1v) is 21.4. The largest absolute Gasteiger partial charge is 0.496 e. The van der Waals surface area contributed by atoms with Crippen LogP contribution in [0.25, 0.3) is 0 Å². The van der Waals surface area contributed by atoms with E-state index in [9.17, 15) is 9.59 Å². The zero-order valence-electron chi connectivity index (χ0n) is 35.8. The van der Waals surface area contributed by atoms with Gasteiger partial charge in [-0.25, -0.2) is 0 Å². The normalized spacial score (nSPS) is 11.6. The number of unbranched alkanes of at least 4 members (excludes halogenated alkanes) is 9. The highest BCUT2D eigenvalue weighted by Crippen LogP contribution is 2.21. The standard InChI is InChI=1S/C46H78N4O4/c1-9-47(37-41-27-19-21-29-43(41)53-7)33-23-15-17-31-45(51)49(39(3)4)35-25-13-11-12-14-26-36-50(40(5)6)46(52)32-18-16-24-34-48(10-2)38-42-28-20-22-30-44(42)54-8/h19-22,27-30,39-40H,9-18,23-26,31-38H2,1-8H3. The number of rotatable bonds is 31. The van der Waals surface area contributed by atoms with Gasteiger partial charge in [-0.1, -0.05) is 88.8 Å². The Balaban J connectivity index is 1.56. The van der Waals surface area contributed by atoms with Crippen molar-refractivity contribution in [3.05, 3.63) is 59.7 Å². The van der Waals surface area contributed by atoms with Gasteiger partial charge >= 0.3 is 0 Å². The fraction of sp³-hybridized carbons (Fsp3) is 0.696. The average molecular weight is 751 g/mol. The lowest BCUT2D eigenvalue weighted by Gasteiger charge is -2.27. The Morgan fingerprint density at radius 2 is 0.833 bits per heavy atom. The first kappa shape index (κ1) is 47.1. The molecule has 0 saturated carbocycles. The molecule has 54 heavy (non-hydrogen) atoms. The monoisotopic (exact) mass is 751 g/mol. The second kappa shape index (κ2) is 28.3. The summed E-state index contributed by atoms with van der Waals surface area (Å²) in [4.78, 5) is 35.3. The van der Waals surface area contributed by atoms with E-state index in [1.54, 1.807) is 14.2 Å². The molecule has 2 amide bonds. The van der Waals surface area contributed by atoms with E-state index in [0.29, 0.717) is 24.7 Å². The van der Waals surface area contributed by atoms with E-state index in [4.69, 9.17) is 9.47 Å². The molecule has 0 aliphatic carbocycles. The Bertz CT molecular complexity index is 1190. The number of ether oxygens (including phenoxy) is 2. The summed E-state index contributed by atoms with van der Waals surface area (Å²) in [6.45, 7) is 20.5. The molecule has 0 unspecified atom stereocenters.